The van der Waals surface area contributed by atoms with Gasteiger partial charge in [0.2, 0.25) is 5.91 Å². The van der Waals surface area contributed by atoms with Gasteiger partial charge in [-0.05, 0) is 42.3 Å². The van der Waals surface area contributed by atoms with E-state index in [0.717, 1.165) is 21.2 Å². The maximum absolute atomic E-state index is 13.5. The Kier molecular flexibility index (Phi) is 9.62. The van der Waals surface area contributed by atoms with Gasteiger partial charge in [0.15, 0.2) is 11.5 Å². The minimum Gasteiger partial charge on any atom is -0.485 e. The zero-order valence-electron chi connectivity index (χ0n) is 24.1. The van der Waals surface area contributed by atoms with Crippen LogP contribution in [0.15, 0.2) is 91.3 Å². The van der Waals surface area contributed by atoms with Gasteiger partial charge in [0.25, 0.3) is 5.78 Å². The Morgan fingerprint density at radius 2 is 1.80 bits per heavy atom. The molecular formula is C35H30N2O7. The molecular weight excluding hydrogens is 560 g/mol. The Labute approximate surface area is 254 Å². The van der Waals surface area contributed by atoms with Crippen molar-refractivity contribution in [3.8, 4) is 23.5 Å². The fourth-order valence-electron chi connectivity index (χ4n) is 5.01. The van der Waals surface area contributed by atoms with Gasteiger partial charge in [-0.15, -0.1) is 0 Å². The highest BCUT2D eigenvalue weighted by molar-refractivity contribution is 6.45. The van der Waals surface area contributed by atoms with E-state index in [4.69, 9.17) is 14.2 Å². The molecule has 44 heavy (non-hydrogen) atoms. The van der Waals surface area contributed by atoms with Crippen molar-refractivity contribution in [2.75, 3.05) is 6.61 Å². The summed E-state index contributed by atoms with van der Waals surface area (Å²) < 4.78 is 17.8. The minimum absolute atomic E-state index is 0.0481. The summed E-state index contributed by atoms with van der Waals surface area (Å²) in [5.41, 5.74) is 1.06. The van der Waals surface area contributed by atoms with E-state index in [-0.39, 0.29) is 25.0 Å². The average Bonchev–Trinajstić information content (AvgIpc) is 3.46. The van der Waals surface area contributed by atoms with Crippen molar-refractivity contribution in [2.24, 2.45) is 0 Å². The zero-order valence-corrected chi connectivity index (χ0v) is 24.1. The van der Waals surface area contributed by atoms with Gasteiger partial charge in [0.05, 0.1) is 0 Å². The lowest BCUT2D eigenvalue weighted by Gasteiger charge is -2.25. The SMILES string of the molecule is CC#COc1ccc2ccccc2c1OCC(CCc1cccnc1)OC(=O)C1CCC(=O)N1C(=O)C(=O)c1ccccc1. The second-order valence-corrected chi connectivity index (χ2v) is 10.2. The van der Waals surface area contributed by atoms with Gasteiger partial charge in [-0.25, -0.2) is 4.79 Å². The first-order valence-corrected chi connectivity index (χ1v) is 14.2. The Hall–Kier alpha value is -5.49. The van der Waals surface area contributed by atoms with Gasteiger partial charge in [-0.1, -0.05) is 72.7 Å². The first kappa shape index (κ1) is 30.0. The van der Waals surface area contributed by atoms with Gasteiger partial charge in [0, 0.05) is 36.7 Å². The number of rotatable bonds is 11. The van der Waals surface area contributed by atoms with Gasteiger partial charge < -0.3 is 14.2 Å². The van der Waals surface area contributed by atoms with E-state index in [1.807, 2.05) is 42.5 Å². The highest BCUT2D eigenvalue weighted by atomic mass is 16.6. The molecule has 0 saturated carbocycles. The molecule has 9 nitrogen and oxygen atoms in total. The van der Waals surface area contributed by atoms with Crippen LogP contribution in [0.5, 0.6) is 11.5 Å². The summed E-state index contributed by atoms with van der Waals surface area (Å²) in [5, 5.41) is 1.71. The van der Waals surface area contributed by atoms with E-state index >= 15 is 0 Å². The van der Waals surface area contributed by atoms with Gasteiger partial charge >= 0.3 is 11.9 Å². The number of hydrogen-bond acceptors (Lipinski definition) is 8. The zero-order chi connectivity index (χ0) is 30.9. The first-order valence-electron chi connectivity index (χ1n) is 14.2. The van der Waals surface area contributed by atoms with Crippen LogP contribution in [-0.2, 0) is 25.5 Å². The summed E-state index contributed by atoms with van der Waals surface area (Å²) in [6.45, 7) is 1.61. The largest absolute Gasteiger partial charge is 0.485 e. The van der Waals surface area contributed by atoms with Crippen LogP contribution in [0, 0.1) is 12.0 Å². The number of likely N-dealkylation sites (tertiary alicyclic amines) is 1. The second kappa shape index (κ2) is 14.1. The summed E-state index contributed by atoms with van der Waals surface area (Å²) in [4.78, 5) is 57.1. The number of amides is 2. The molecule has 9 heteroatoms. The molecule has 3 aromatic carbocycles. The Bertz CT molecular complexity index is 1730. The molecule has 0 radical (unpaired) electrons. The Morgan fingerprint density at radius 1 is 1.00 bits per heavy atom. The second-order valence-electron chi connectivity index (χ2n) is 10.2. The van der Waals surface area contributed by atoms with Crippen LogP contribution in [-0.4, -0.2) is 52.2 Å². The van der Waals surface area contributed by atoms with E-state index in [9.17, 15) is 19.2 Å². The molecule has 2 atom stereocenters. The molecule has 1 saturated heterocycles. The number of carbonyl (C=O) groups is 4. The molecule has 0 aliphatic carbocycles. The summed E-state index contributed by atoms with van der Waals surface area (Å²) in [5.74, 6) is 0.247. The smallest absolute Gasteiger partial charge is 0.329 e. The number of benzene rings is 3. The summed E-state index contributed by atoms with van der Waals surface area (Å²) in [7, 11) is 0. The lowest BCUT2D eigenvalue weighted by Crippen LogP contribution is -2.47. The molecule has 2 heterocycles. The lowest BCUT2D eigenvalue weighted by atomic mass is 10.1. The molecule has 1 aliphatic rings. The summed E-state index contributed by atoms with van der Waals surface area (Å²) >= 11 is 0. The third-order valence-corrected chi connectivity index (χ3v) is 7.21. The number of nitrogens with zero attached hydrogens (tertiary/aromatic N) is 2. The quantitative estimate of drug-likeness (QED) is 0.105. The van der Waals surface area contributed by atoms with Gasteiger partial charge in [-0.3, -0.25) is 24.3 Å². The van der Waals surface area contributed by atoms with Crippen molar-refractivity contribution in [2.45, 2.75) is 44.8 Å². The monoisotopic (exact) mass is 590 g/mol. The molecule has 0 N–H and O–H groups in total. The van der Waals surface area contributed by atoms with E-state index in [2.05, 4.69) is 17.0 Å². The Morgan fingerprint density at radius 3 is 2.57 bits per heavy atom. The molecule has 1 fully saturated rings. The maximum atomic E-state index is 13.5. The van der Waals surface area contributed by atoms with Crippen molar-refractivity contribution >= 4 is 34.3 Å². The third-order valence-electron chi connectivity index (χ3n) is 7.21. The molecule has 1 aliphatic heterocycles. The molecule has 0 spiro atoms. The molecule has 2 amide bonds. The molecule has 1 aromatic heterocycles. The number of aryl methyl sites for hydroxylation is 1. The number of ether oxygens (including phenoxy) is 3. The van der Waals surface area contributed by atoms with Crippen LogP contribution in [0.1, 0.15) is 42.1 Å². The number of hydrogen-bond donors (Lipinski definition) is 0. The van der Waals surface area contributed by atoms with Gasteiger partial charge in [-0.2, -0.15) is 0 Å². The number of aromatic nitrogens is 1. The number of Topliss-reactive ketones (excluding diaryl/α,β-unsaturated/α-hetero) is 1. The van der Waals surface area contributed by atoms with Crippen molar-refractivity contribution in [3.05, 3.63) is 102 Å². The highest BCUT2D eigenvalue weighted by Gasteiger charge is 2.44. The first-order chi connectivity index (χ1) is 21.5. The van der Waals surface area contributed by atoms with E-state index in [0.29, 0.717) is 24.3 Å². The fourth-order valence-corrected chi connectivity index (χ4v) is 5.01. The van der Waals surface area contributed by atoms with E-state index in [1.54, 1.807) is 43.6 Å². The van der Waals surface area contributed by atoms with Gasteiger partial charge in [0.1, 0.15) is 24.9 Å². The van der Waals surface area contributed by atoms with Crippen molar-refractivity contribution in [1.82, 2.24) is 9.88 Å². The normalized spacial score (nSPS) is 14.8. The van der Waals surface area contributed by atoms with Crippen LogP contribution in [0.25, 0.3) is 10.8 Å². The summed E-state index contributed by atoms with van der Waals surface area (Å²) in [6, 6.07) is 21.7. The van der Waals surface area contributed by atoms with E-state index in [1.165, 1.54) is 12.1 Å². The number of fused-ring (bicyclic) bond motifs is 1. The van der Waals surface area contributed by atoms with E-state index < -0.39 is 35.7 Å². The molecule has 4 aromatic rings. The predicted molar refractivity (Wildman–Crippen MR) is 162 cm³/mol. The fraction of sp³-hybridized carbons (Fsp3) is 0.229. The van der Waals surface area contributed by atoms with Crippen LogP contribution >= 0.6 is 0 Å². The van der Waals surface area contributed by atoms with Crippen molar-refractivity contribution in [1.29, 1.82) is 0 Å². The van der Waals surface area contributed by atoms with Crippen LogP contribution < -0.4 is 9.47 Å². The predicted octanol–water partition coefficient (Wildman–Crippen LogP) is 4.92. The van der Waals surface area contributed by atoms with Crippen LogP contribution in [0.3, 0.4) is 0 Å². The van der Waals surface area contributed by atoms with Crippen molar-refractivity contribution < 1.29 is 33.4 Å². The summed E-state index contributed by atoms with van der Waals surface area (Å²) in [6.07, 6.45) is 6.11. The Balaban J connectivity index is 1.37. The van der Waals surface area contributed by atoms with Crippen molar-refractivity contribution in [3.63, 3.8) is 0 Å². The number of esters is 1. The standard InChI is InChI=1S/C35H30N2O7/c1-2-21-42-30-18-15-25-10-6-7-13-28(25)33(30)43-23-27(16-14-24-9-8-20-36-22-24)44-35(41)29-17-19-31(38)37(29)34(40)32(39)26-11-4-3-5-12-26/h3-13,15,18,20,22,27,29H,14,16-17,19,23H2,1H3. The topological polar surface area (TPSA) is 112 Å². The number of carbonyl (C=O) groups excluding carboxylic acids is 4. The molecule has 0 bridgehead atoms. The number of ketones is 1. The minimum atomic E-state index is -1.22. The number of pyridine rings is 1. The number of imide groups is 1. The maximum Gasteiger partial charge on any atom is 0.329 e. The lowest BCUT2D eigenvalue weighted by molar-refractivity contribution is -0.161. The van der Waals surface area contributed by atoms with Crippen LogP contribution in [0.4, 0.5) is 0 Å². The molecule has 5 rings (SSSR count). The highest BCUT2D eigenvalue weighted by Crippen LogP contribution is 2.36. The molecule has 222 valence electrons. The molecule has 2 unspecified atom stereocenters. The average molecular weight is 591 g/mol. The third kappa shape index (κ3) is 6.93. The van der Waals surface area contributed by atoms with Crippen LogP contribution in [0.2, 0.25) is 0 Å².